The maximum Gasteiger partial charge on any atom is 0.416 e. The van der Waals surface area contributed by atoms with Gasteiger partial charge in [0.25, 0.3) is 0 Å². The van der Waals surface area contributed by atoms with Crippen molar-refractivity contribution in [2.24, 2.45) is 0 Å². The maximum atomic E-state index is 14.6. The predicted molar refractivity (Wildman–Crippen MR) is 126 cm³/mol. The largest absolute Gasteiger partial charge is 0.440 e. The monoisotopic (exact) mass is 504 g/mol. The summed E-state index contributed by atoms with van der Waals surface area (Å²) in [7, 11) is 0. The summed E-state index contributed by atoms with van der Waals surface area (Å²) in [5.74, 6) is 0.560. The number of thiocarbonyl (C=S) groups is 1. The van der Waals surface area contributed by atoms with Crippen LogP contribution in [0.4, 0.5) is 23.2 Å². The molecule has 0 radical (unpaired) electrons. The molecule has 2 aliphatic rings. The van der Waals surface area contributed by atoms with Crippen LogP contribution in [-0.4, -0.2) is 4.99 Å². The Labute approximate surface area is 203 Å². The molecule has 174 valence electrons. The summed E-state index contributed by atoms with van der Waals surface area (Å²) in [6, 6.07) is 14.8. The second-order valence-corrected chi connectivity index (χ2v) is 8.96. The molecule has 34 heavy (non-hydrogen) atoms. The zero-order chi connectivity index (χ0) is 24.2. The molecule has 1 N–H and O–H groups in total. The Bertz CT molecular complexity index is 1340. The van der Waals surface area contributed by atoms with E-state index in [2.05, 4.69) is 5.32 Å². The zero-order valence-corrected chi connectivity index (χ0v) is 19.3. The highest BCUT2D eigenvalue weighted by atomic mass is 35.5. The number of hydrogen-bond acceptors (Lipinski definition) is 3. The van der Waals surface area contributed by atoms with Gasteiger partial charge in [-0.15, -0.1) is 0 Å². The highest BCUT2D eigenvalue weighted by Crippen LogP contribution is 2.42. The summed E-state index contributed by atoms with van der Waals surface area (Å²) in [6.07, 6.45) is -4.74. The summed E-state index contributed by atoms with van der Waals surface area (Å²) < 4.78 is 60.1. The van der Waals surface area contributed by atoms with E-state index in [1.165, 1.54) is 18.2 Å². The van der Waals surface area contributed by atoms with Crippen molar-refractivity contribution < 1.29 is 22.3 Å². The quantitative estimate of drug-likeness (QED) is 0.297. The van der Waals surface area contributed by atoms with Crippen LogP contribution < -0.4 is 15.0 Å². The molecule has 0 saturated carbocycles. The highest BCUT2D eigenvalue weighted by molar-refractivity contribution is 7.80. The van der Waals surface area contributed by atoms with Gasteiger partial charge in [0, 0.05) is 22.7 Å². The molecule has 2 heterocycles. The number of halogens is 5. The van der Waals surface area contributed by atoms with Crippen molar-refractivity contribution in [3.05, 3.63) is 105 Å². The van der Waals surface area contributed by atoms with E-state index in [1.807, 2.05) is 0 Å². The van der Waals surface area contributed by atoms with Crippen molar-refractivity contribution >= 4 is 34.5 Å². The first kappa shape index (κ1) is 22.7. The first-order valence-electron chi connectivity index (χ1n) is 10.3. The van der Waals surface area contributed by atoms with Gasteiger partial charge < -0.3 is 10.1 Å². The number of anilines is 1. The maximum absolute atomic E-state index is 14.6. The first-order chi connectivity index (χ1) is 16.1. The smallest absolute Gasteiger partial charge is 0.416 e. The molecule has 1 atom stereocenters. The average Bonchev–Trinajstić information content (AvgIpc) is 2.79. The standard InChI is InChI=1S/C25H17ClF4N2OS/c1-13-2-8-18(12-20(13)27)32-22(14-3-5-16(6-4-14)25(28,29)30)31-23(34)19-11-15-10-17(26)7-9-21(15)33-24(19)32/h2-10,12,22H,11H2,1H3,(H,31,34)/t22-/m1/s1. The third-order valence-electron chi connectivity index (χ3n) is 5.86. The van der Waals surface area contributed by atoms with E-state index in [-0.39, 0.29) is 0 Å². The van der Waals surface area contributed by atoms with Crippen molar-refractivity contribution in [3.8, 4) is 5.75 Å². The minimum atomic E-state index is -4.46. The Kier molecular flexibility index (Phi) is 5.53. The molecule has 0 spiro atoms. The van der Waals surface area contributed by atoms with E-state index < -0.39 is 23.7 Å². The third-order valence-corrected chi connectivity index (χ3v) is 6.46. The van der Waals surface area contributed by atoms with Crippen LogP contribution in [-0.2, 0) is 12.6 Å². The van der Waals surface area contributed by atoms with Crippen molar-refractivity contribution in [2.45, 2.75) is 25.7 Å². The fourth-order valence-corrected chi connectivity index (χ4v) is 4.53. The average molecular weight is 505 g/mol. The minimum Gasteiger partial charge on any atom is -0.440 e. The number of aryl methyl sites for hydroxylation is 1. The number of alkyl halides is 3. The SMILES string of the molecule is Cc1ccc(N2C3=C(Cc4cc(Cl)ccc4O3)C(=S)N[C@H]2c2ccc(C(F)(F)F)cc2)cc1F. The molecule has 0 fully saturated rings. The van der Waals surface area contributed by atoms with Crippen LogP contribution in [0.1, 0.15) is 28.4 Å². The highest BCUT2D eigenvalue weighted by Gasteiger charge is 2.38. The Balaban J connectivity index is 1.64. The second-order valence-electron chi connectivity index (χ2n) is 8.11. The number of ether oxygens (including phenoxy) is 1. The molecule has 2 aliphatic heterocycles. The number of benzene rings is 3. The molecule has 0 bridgehead atoms. The van der Waals surface area contributed by atoms with Crippen LogP contribution in [0, 0.1) is 12.7 Å². The Hall–Kier alpha value is -3.10. The van der Waals surface area contributed by atoms with Gasteiger partial charge in [-0.25, -0.2) is 4.39 Å². The molecule has 3 aromatic carbocycles. The molecular weight excluding hydrogens is 488 g/mol. The second kappa shape index (κ2) is 8.29. The number of rotatable bonds is 2. The molecule has 0 saturated heterocycles. The Morgan fingerprint density at radius 1 is 1.06 bits per heavy atom. The normalized spacial score (nSPS) is 17.6. The van der Waals surface area contributed by atoms with Gasteiger partial charge in [-0.05, 0) is 60.5 Å². The fraction of sp³-hybridized carbons (Fsp3) is 0.160. The summed E-state index contributed by atoms with van der Waals surface area (Å²) >= 11 is 11.8. The van der Waals surface area contributed by atoms with E-state index >= 15 is 0 Å². The van der Waals surface area contributed by atoms with Crippen LogP contribution >= 0.6 is 23.8 Å². The van der Waals surface area contributed by atoms with Gasteiger partial charge in [0.1, 0.15) is 22.7 Å². The molecule has 9 heteroatoms. The van der Waals surface area contributed by atoms with Gasteiger partial charge in [0.05, 0.1) is 11.1 Å². The molecule has 3 nitrogen and oxygen atoms in total. The Morgan fingerprint density at radius 2 is 1.79 bits per heavy atom. The first-order valence-corrected chi connectivity index (χ1v) is 11.1. The van der Waals surface area contributed by atoms with E-state index in [9.17, 15) is 17.6 Å². The summed E-state index contributed by atoms with van der Waals surface area (Å²) in [5, 5.41) is 3.76. The van der Waals surface area contributed by atoms with E-state index in [0.29, 0.717) is 50.5 Å². The zero-order valence-electron chi connectivity index (χ0n) is 17.7. The van der Waals surface area contributed by atoms with Gasteiger partial charge in [0.15, 0.2) is 0 Å². The topological polar surface area (TPSA) is 24.5 Å². The third kappa shape index (κ3) is 4.01. The molecular formula is C25H17ClF4N2OS. The van der Waals surface area contributed by atoms with Gasteiger partial charge in [-0.1, -0.05) is 42.0 Å². The summed E-state index contributed by atoms with van der Waals surface area (Å²) in [5.41, 5.74) is 2.20. The molecule has 0 unspecified atom stereocenters. The van der Waals surface area contributed by atoms with Crippen LogP contribution in [0.25, 0.3) is 0 Å². The molecule has 0 aliphatic carbocycles. The lowest BCUT2D eigenvalue weighted by Gasteiger charge is -2.43. The van der Waals surface area contributed by atoms with Crippen LogP contribution in [0.15, 0.2) is 72.1 Å². The van der Waals surface area contributed by atoms with Gasteiger partial charge in [-0.3, -0.25) is 4.90 Å². The lowest BCUT2D eigenvalue weighted by Crippen LogP contribution is -2.49. The lowest BCUT2D eigenvalue weighted by molar-refractivity contribution is -0.137. The van der Waals surface area contributed by atoms with Gasteiger partial charge >= 0.3 is 6.18 Å². The van der Waals surface area contributed by atoms with Crippen LogP contribution in [0.3, 0.4) is 0 Å². The van der Waals surface area contributed by atoms with Gasteiger partial charge in [0.2, 0.25) is 5.88 Å². The van der Waals surface area contributed by atoms with E-state index in [1.54, 1.807) is 42.2 Å². The van der Waals surface area contributed by atoms with Crippen molar-refractivity contribution in [1.82, 2.24) is 5.32 Å². The van der Waals surface area contributed by atoms with Crippen molar-refractivity contribution in [1.29, 1.82) is 0 Å². The summed E-state index contributed by atoms with van der Waals surface area (Å²) in [4.78, 5) is 2.11. The molecule has 0 aromatic heterocycles. The van der Waals surface area contributed by atoms with Crippen molar-refractivity contribution in [2.75, 3.05) is 4.90 Å². The molecule has 3 aromatic rings. The predicted octanol–water partition coefficient (Wildman–Crippen LogP) is 7.09. The molecule has 5 rings (SSSR count). The number of fused-ring (bicyclic) bond motifs is 1. The lowest BCUT2D eigenvalue weighted by atomic mass is 9.98. The number of nitrogens with one attached hydrogen (secondary N) is 1. The summed E-state index contributed by atoms with van der Waals surface area (Å²) in [6.45, 7) is 1.65. The van der Waals surface area contributed by atoms with Crippen LogP contribution in [0.5, 0.6) is 5.75 Å². The number of nitrogens with zero attached hydrogens (tertiary/aromatic N) is 1. The molecule has 0 amide bonds. The Morgan fingerprint density at radius 3 is 2.47 bits per heavy atom. The number of hydrogen-bond donors (Lipinski definition) is 1. The van der Waals surface area contributed by atoms with E-state index in [0.717, 1.165) is 17.7 Å². The fourth-order valence-electron chi connectivity index (χ4n) is 4.07. The van der Waals surface area contributed by atoms with Gasteiger partial charge in [-0.2, -0.15) is 13.2 Å². The van der Waals surface area contributed by atoms with E-state index in [4.69, 9.17) is 28.6 Å². The minimum absolute atomic E-state index is 0.395. The van der Waals surface area contributed by atoms with Crippen LogP contribution in [0.2, 0.25) is 5.02 Å². The van der Waals surface area contributed by atoms with Crippen molar-refractivity contribution in [3.63, 3.8) is 0 Å².